The molecular formula is C18H27N3O2. The van der Waals surface area contributed by atoms with Crippen molar-refractivity contribution in [1.82, 2.24) is 10.3 Å². The van der Waals surface area contributed by atoms with E-state index < -0.39 is 0 Å². The van der Waals surface area contributed by atoms with Crippen molar-refractivity contribution in [3.8, 4) is 5.75 Å². The van der Waals surface area contributed by atoms with Crippen LogP contribution >= 0.6 is 0 Å². The Bertz CT molecular complexity index is 649. The number of rotatable bonds is 8. The monoisotopic (exact) mass is 317 g/mol. The molecule has 0 saturated carbocycles. The third-order valence-electron chi connectivity index (χ3n) is 4.08. The van der Waals surface area contributed by atoms with Gasteiger partial charge in [0.15, 0.2) is 0 Å². The van der Waals surface area contributed by atoms with E-state index in [0.29, 0.717) is 25.4 Å². The summed E-state index contributed by atoms with van der Waals surface area (Å²) < 4.78 is 0. The number of hydrogen-bond acceptors (Lipinski definition) is 3. The molecule has 0 radical (unpaired) electrons. The van der Waals surface area contributed by atoms with Gasteiger partial charge in [-0.3, -0.25) is 4.79 Å². The number of nitrogens with two attached hydrogens (primary N) is 1. The average Bonchev–Trinajstić information content (AvgIpc) is 2.88. The molecule has 0 aliphatic rings. The molecule has 0 aliphatic carbocycles. The van der Waals surface area contributed by atoms with Gasteiger partial charge in [-0.1, -0.05) is 13.8 Å². The summed E-state index contributed by atoms with van der Waals surface area (Å²) in [7, 11) is 0. The van der Waals surface area contributed by atoms with E-state index in [0.717, 1.165) is 29.3 Å². The maximum Gasteiger partial charge on any atom is 0.220 e. The van der Waals surface area contributed by atoms with Crippen LogP contribution in [-0.4, -0.2) is 29.1 Å². The number of benzene rings is 1. The smallest absolute Gasteiger partial charge is 0.220 e. The van der Waals surface area contributed by atoms with Crippen molar-refractivity contribution < 1.29 is 9.90 Å². The highest BCUT2D eigenvalue weighted by molar-refractivity contribution is 5.84. The second kappa shape index (κ2) is 8.02. The number of aromatic hydroxyl groups is 1. The number of aromatic nitrogens is 1. The number of phenolic OH excluding ortho intramolecular Hbond substituents is 1. The minimum absolute atomic E-state index is 0.0591. The van der Waals surface area contributed by atoms with Gasteiger partial charge in [0.2, 0.25) is 5.91 Å². The fourth-order valence-electron chi connectivity index (χ4n) is 2.97. The number of aromatic amines is 1. The molecule has 1 atom stereocenters. The van der Waals surface area contributed by atoms with Gasteiger partial charge in [-0.2, -0.15) is 0 Å². The highest BCUT2D eigenvalue weighted by atomic mass is 16.3. The molecule has 0 fully saturated rings. The van der Waals surface area contributed by atoms with Gasteiger partial charge in [-0.15, -0.1) is 0 Å². The van der Waals surface area contributed by atoms with Crippen LogP contribution in [0.4, 0.5) is 0 Å². The van der Waals surface area contributed by atoms with E-state index in [1.54, 1.807) is 12.1 Å². The fourth-order valence-corrected chi connectivity index (χ4v) is 2.97. The second-order valence-electron chi connectivity index (χ2n) is 6.58. The van der Waals surface area contributed by atoms with E-state index in [-0.39, 0.29) is 17.6 Å². The topological polar surface area (TPSA) is 91.1 Å². The van der Waals surface area contributed by atoms with E-state index in [4.69, 9.17) is 5.73 Å². The fraction of sp³-hybridized carbons (Fsp3) is 0.500. The molecule has 5 N–H and O–H groups in total. The lowest BCUT2D eigenvalue weighted by molar-refractivity contribution is -0.122. The number of amides is 1. The van der Waals surface area contributed by atoms with Gasteiger partial charge in [-0.05, 0) is 55.0 Å². The van der Waals surface area contributed by atoms with Gasteiger partial charge in [0.1, 0.15) is 5.75 Å². The molecule has 0 bridgehead atoms. The molecule has 5 nitrogen and oxygen atoms in total. The second-order valence-corrected chi connectivity index (χ2v) is 6.58. The first-order valence-electron chi connectivity index (χ1n) is 8.25. The summed E-state index contributed by atoms with van der Waals surface area (Å²) in [5.74, 6) is 1.11. The highest BCUT2D eigenvalue weighted by Gasteiger charge is 2.14. The number of H-pyrrole nitrogens is 1. The molecule has 2 rings (SSSR count). The van der Waals surface area contributed by atoms with E-state index >= 15 is 0 Å². The van der Waals surface area contributed by atoms with Crippen LogP contribution in [0.3, 0.4) is 0 Å². The number of hydrogen-bond donors (Lipinski definition) is 4. The van der Waals surface area contributed by atoms with Crippen LogP contribution in [0.5, 0.6) is 5.75 Å². The zero-order valence-corrected chi connectivity index (χ0v) is 13.9. The van der Waals surface area contributed by atoms with Crippen LogP contribution in [0.2, 0.25) is 0 Å². The molecule has 1 aromatic heterocycles. The van der Waals surface area contributed by atoms with E-state index in [2.05, 4.69) is 24.1 Å². The quantitative estimate of drug-likeness (QED) is 0.603. The number of carbonyl (C=O) groups is 1. The van der Waals surface area contributed by atoms with Gasteiger partial charge in [0.25, 0.3) is 0 Å². The van der Waals surface area contributed by atoms with Crippen molar-refractivity contribution in [2.75, 3.05) is 13.1 Å². The first-order valence-corrected chi connectivity index (χ1v) is 8.25. The Hall–Kier alpha value is -2.01. The molecule has 0 aliphatic heterocycles. The van der Waals surface area contributed by atoms with Gasteiger partial charge in [0, 0.05) is 30.1 Å². The van der Waals surface area contributed by atoms with Crippen molar-refractivity contribution in [2.45, 2.75) is 33.1 Å². The molecule has 2 aromatic rings. The van der Waals surface area contributed by atoms with Crippen LogP contribution in [0.1, 0.15) is 32.3 Å². The molecule has 1 amide bonds. The summed E-state index contributed by atoms with van der Waals surface area (Å²) in [4.78, 5) is 15.2. The van der Waals surface area contributed by atoms with E-state index in [1.807, 2.05) is 12.3 Å². The molecule has 1 aromatic carbocycles. The Morgan fingerprint density at radius 3 is 2.87 bits per heavy atom. The van der Waals surface area contributed by atoms with E-state index in [9.17, 15) is 9.90 Å². The number of nitrogens with one attached hydrogen (secondary N) is 2. The average molecular weight is 317 g/mol. The molecule has 126 valence electrons. The lowest BCUT2D eigenvalue weighted by Crippen LogP contribution is -2.30. The number of fused-ring (bicyclic) bond motifs is 1. The maximum atomic E-state index is 12.0. The van der Waals surface area contributed by atoms with Crippen molar-refractivity contribution >= 4 is 16.8 Å². The standard InChI is InChI=1S/C18H27N3O2/c1-12(2)7-13(10-19)8-18(23)20-6-5-14-11-21-17-4-3-15(22)9-16(14)17/h3-4,9,11-13,21-22H,5-8,10,19H2,1-2H3,(H,20,23)/t13-/m0/s1. The van der Waals surface area contributed by atoms with Gasteiger partial charge < -0.3 is 21.1 Å². The molecule has 0 saturated heterocycles. The largest absolute Gasteiger partial charge is 0.508 e. The third kappa shape index (κ3) is 4.99. The van der Waals surface area contributed by atoms with Crippen molar-refractivity contribution in [2.24, 2.45) is 17.6 Å². The highest BCUT2D eigenvalue weighted by Crippen LogP contribution is 2.23. The predicted molar refractivity (Wildman–Crippen MR) is 93.3 cm³/mol. The molecule has 0 spiro atoms. The minimum atomic E-state index is 0.0591. The van der Waals surface area contributed by atoms with Gasteiger partial charge in [-0.25, -0.2) is 0 Å². The zero-order valence-electron chi connectivity index (χ0n) is 13.9. The van der Waals surface area contributed by atoms with Crippen LogP contribution in [-0.2, 0) is 11.2 Å². The lowest BCUT2D eigenvalue weighted by Gasteiger charge is -2.16. The molecule has 1 heterocycles. The SMILES string of the molecule is CC(C)C[C@H](CN)CC(=O)NCCc1c[nH]c2ccc(O)cc12. The Kier molecular flexibility index (Phi) is 6.04. The van der Waals surface area contributed by atoms with E-state index in [1.165, 1.54) is 0 Å². The number of phenols is 1. The predicted octanol–water partition coefficient (Wildman–Crippen LogP) is 2.54. The minimum Gasteiger partial charge on any atom is -0.508 e. The Morgan fingerprint density at radius 1 is 1.39 bits per heavy atom. The summed E-state index contributed by atoms with van der Waals surface area (Å²) in [6, 6.07) is 5.26. The number of carbonyl (C=O) groups excluding carboxylic acids is 1. The Morgan fingerprint density at radius 2 is 2.17 bits per heavy atom. The summed E-state index contributed by atoms with van der Waals surface area (Å²) >= 11 is 0. The van der Waals surface area contributed by atoms with Crippen LogP contribution in [0, 0.1) is 11.8 Å². The van der Waals surface area contributed by atoms with Crippen molar-refractivity contribution in [3.05, 3.63) is 30.0 Å². The van der Waals surface area contributed by atoms with Gasteiger partial charge in [0.05, 0.1) is 0 Å². The first kappa shape index (κ1) is 17.3. The molecular weight excluding hydrogens is 290 g/mol. The Labute approximate surface area is 137 Å². The van der Waals surface area contributed by atoms with Gasteiger partial charge >= 0.3 is 0 Å². The zero-order chi connectivity index (χ0) is 16.8. The molecule has 23 heavy (non-hydrogen) atoms. The van der Waals surface area contributed by atoms with Crippen LogP contribution in [0.25, 0.3) is 10.9 Å². The maximum absolute atomic E-state index is 12.0. The molecule has 5 heteroatoms. The first-order chi connectivity index (χ1) is 11.0. The Balaban J connectivity index is 1.84. The normalized spacial score (nSPS) is 12.7. The van der Waals surface area contributed by atoms with Crippen LogP contribution < -0.4 is 11.1 Å². The lowest BCUT2D eigenvalue weighted by atomic mass is 9.94. The summed E-state index contributed by atoms with van der Waals surface area (Å²) in [5, 5.41) is 13.6. The summed E-state index contributed by atoms with van der Waals surface area (Å²) in [6.45, 7) is 5.42. The summed E-state index contributed by atoms with van der Waals surface area (Å²) in [6.07, 6.45) is 4.12. The van der Waals surface area contributed by atoms with Crippen LogP contribution in [0.15, 0.2) is 24.4 Å². The van der Waals surface area contributed by atoms with Crippen molar-refractivity contribution in [3.63, 3.8) is 0 Å². The van der Waals surface area contributed by atoms with Crippen molar-refractivity contribution in [1.29, 1.82) is 0 Å². The summed E-state index contributed by atoms with van der Waals surface area (Å²) in [5.41, 5.74) is 7.83. The third-order valence-corrected chi connectivity index (χ3v) is 4.08. The molecule has 0 unspecified atom stereocenters.